The fourth-order valence-electron chi connectivity index (χ4n) is 1.86. The maximum Gasteiger partial charge on any atom is 0.416 e. The molecular formula is C15H21F3N2O3. The van der Waals surface area contributed by atoms with Crippen LogP contribution in [0.5, 0.6) is 0 Å². The average Bonchev–Trinajstić information content (AvgIpc) is 2.35. The minimum absolute atomic E-state index is 0.147. The standard InChI is InChI=1S/C15H21F3N2O3/c1-14(2,3)23-13(22)20-11-8-9(15(16,17)18)4-5-10(11)12(21)6-7-19/h4-5,8,12,21H,6-7,19H2,1-3H3,(H,20,22)/t12-/m0/s1. The summed E-state index contributed by atoms with van der Waals surface area (Å²) in [6, 6.07) is 2.73. The van der Waals surface area contributed by atoms with Crippen molar-refractivity contribution >= 4 is 11.8 Å². The van der Waals surface area contributed by atoms with Crippen LogP contribution in [0, 0.1) is 0 Å². The molecule has 8 heteroatoms. The Kier molecular flexibility index (Phi) is 6.01. The SMILES string of the molecule is CC(C)(C)OC(=O)Nc1cc(C(F)(F)F)ccc1[C@@H](O)CCN. The number of hydrogen-bond acceptors (Lipinski definition) is 4. The molecule has 0 spiro atoms. The lowest BCUT2D eigenvalue weighted by atomic mass is 10.0. The normalized spacial score (nSPS) is 13.6. The number of amides is 1. The Morgan fingerprint density at radius 1 is 1.35 bits per heavy atom. The number of nitrogens with two attached hydrogens (primary N) is 1. The van der Waals surface area contributed by atoms with Gasteiger partial charge in [0.25, 0.3) is 0 Å². The summed E-state index contributed by atoms with van der Waals surface area (Å²) in [4.78, 5) is 11.8. The van der Waals surface area contributed by atoms with Crippen molar-refractivity contribution in [3.05, 3.63) is 29.3 Å². The van der Waals surface area contributed by atoms with Gasteiger partial charge in [-0.1, -0.05) is 6.07 Å². The van der Waals surface area contributed by atoms with Gasteiger partial charge >= 0.3 is 12.3 Å². The first-order valence-corrected chi connectivity index (χ1v) is 7.03. The summed E-state index contributed by atoms with van der Waals surface area (Å²) < 4.78 is 43.5. The highest BCUT2D eigenvalue weighted by Gasteiger charge is 2.32. The van der Waals surface area contributed by atoms with Gasteiger partial charge in [-0.05, 0) is 45.9 Å². The summed E-state index contributed by atoms with van der Waals surface area (Å²) in [6.07, 6.45) is -6.42. The van der Waals surface area contributed by atoms with Crippen molar-refractivity contribution in [2.24, 2.45) is 5.73 Å². The fraction of sp³-hybridized carbons (Fsp3) is 0.533. The first-order valence-electron chi connectivity index (χ1n) is 7.03. The third kappa shape index (κ3) is 6.07. The largest absolute Gasteiger partial charge is 0.444 e. The molecule has 0 saturated carbocycles. The Bertz CT molecular complexity index is 554. The van der Waals surface area contributed by atoms with E-state index in [1.54, 1.807) is 20.8 Å². The highest BCUT2D eigenvalue weighted by molar-refractivity contribution is 5.86. The van der Waals surface area contributed by atoms with Crippen LogP contribution in [0.15, 0.2) is 18.2 Å². The molecule has 0 aliphatic heterocycles. The van der Waals surface area contributed by atoms with Crippen molar-refractivity contribution in [1.82, 2.24) is 0 Å². The third-order valence-electron chi connectivity index (χ3n) is 2.82. The number of aliphatic hydroxyl groups excluding tert-OH is 1. The molecule has 1 atom stereocenters. The zero-order chi connectivity index (χ0) is 17.8. The Labute approximate surface area is 132 Å². The van der Waals surface area contributed by atoms with E-state index in [-0.39, 0.29) is 24.2 Å². The zero-order valence-electron chi connectivity index (χ0n) is 13.2. The molecule has 0 radical (unpaired) electrons. The molecule has 0 aromatic heterocycles. The molecule has 4 N–H and O–H groups in total. The van der Waals surface area contributed by atoms with Gasteiger partial charge in [0.1, 0.15) is 5.60 Å². The van der Waals surface area contributed by atoms with Crippen LogP contribution in [-0.2, 0) is 10.9 Å². The van der Waals surface area contributed by atoms with E-state index in [9.17, 15) is 23.1 Å². The second-order valence-electron chi connectivity index (χ2n) is 6.02. The van der Waals surface area contributed by atoms with Crippen LogP contribution >= 0.6 is 0 Å². The number of hydrogen-bond donors (Lipinski definition) is 3. The first kappa shape index (κ1) is 19.2. The number of nitrogens with one attached hydrogen (secondary N) is 1. The maximum atomic E-state index is 12.8. The van der Waals surface area contributed by atoms with E-state index in [1.165, 1.54) is 0 Å². The summed E-state index contributed by atoms with van der Waals surface area (Å²) in [5, 5.41) is 12.2. The van der Waals surface area contributed by atoms with Crippen molar-refractivity contribution in [2.75, 3.05) is 11.9 Å². The van der Waals surface area contributed by atoms with Crippen LogP contribution in [-0.4, -0.2) is 23.3 Å². The topological polar surface area (TPSA) is 84.6 Å². The van der Waals surface area contributed by atoms with Crippen molar-refractivity contribution < 1.29 is 27.8 Å². The molecule has 0 bridgehead atoms. The number of carbonyl (C=O) groups excluding carboxylic acids is 1. The fourth-order valence-corrected chi connectivity index (χ4v) is 1.86. The second-order valence-corrected chi connectivity index (χ2v) is 6.02. The minimum atomic E-state index is -4.57. The van der Waals surface area contributed by atoms with Crippen LogP contribution in [0.25, 0.3) is 0 Å². The Morgan fingerprint density at radius 3 is 2.43 bits per heavy atom. The number of carbonyl (C=O) groups is 1. The van der Waals surface area contributed by atoms with Crippen LogP contribution in [0.3, 0.4) is 0 Å². The van der Waals surface area contributed by atoms with Gasteiger partial charge in [0.2, 0.25) is 0 Å². The van der Waals surface area contributed by atoms with Gasteiger partial charge in [-0.3, -0.25) is 5.32 Å². The molecule has 0 aliphatic carbocycles. The summed E-state index contributed by atoms with van der Waals surface area (Å²) in [6.45, 7) is 5.03. The number of aliphatic hydroxyl groups is 1. The van der Waals surface area contributed by atoms with Crippen LogP contribution < -0.4 is 11.1 Å². The van der Waals surface area contributed by atoms with Crippen LogP contribution in [0.4, 0.5) is 23.7 Å². The Balaban J connectivity index is 3.15. The van der Waals surface area contributed by atoms with E-state index in [0.717, 1.165) is 18.2 Å². The van der Waals surface area contributed by atoms with Gasteiger partial charge in [0.15, 0.2) is 0 Å². The smallest absolute Gasteiger partial charge is 0.416 e. The predicted octanol–water partition coefficient (Wildman–Crippen LogP) is 3.43. The summed E-state index contributed by atoms with van der Waals surface area (Å²) in [5.41, 5.74) is 3.60. The van der Waals surface area contributed by atoms with E-state index >= 15 is 0 Å². The molecule has 1 amide bonds. The third-order valence-corrected chi connectivity index (χ3v) is 2.82. The van der Waals surface area contributed by atoms with Crippen molar-refractivity contribution in [2.45, 2.75) is 45.1 Å². The first-order chi connectivity index (χ1) is 10.4. The zero-order valence-corrected chi connectivity index (χ0v) is 13.2. The summed E-state index contributed by atoms with van der Waals surface area (Å²) >= 11 is 0. The Hall–Kier alpha value is -1.80. The summed E-state index contributed by atoms with van der Waals surface area (Å²) in [7, 11) is 0. The van der Waals surface area contributed by atoms with Gasteiger partial charge in [-0.15, -0.1) is 0 Å². The van der Waals surface area contributed by atoms with E-state index in [4.69, 9.17) is 10.5 Å². The highest BCUT2D eigenvalue weighted by atomic mass is 19.4. The van der Waals surface area contributed by atoms with Gasteiger partial charge in [0.05, 0.1) is 17.4 Å². The van der Waals surface area contributed by atoms with Crippen LogP contribution in [0.2, 0.25) is 0 Å². The molecule has 23 heavy (non-hydrogen) atoms. The second kappa shape index (κ2) is 7.18. The number of halogens is 3. The predicted molar refractivity (Wildman–Crippen MR) is 79.9 cm³/mol. The van der Waals surface area contributed by atoms with Gasteiger partial charge in [-0.25, -0.2) is 4.79 Å². The average molecular weight is 334 g/mol. The molecule has 0 saturated heterocycles. The lowest BCUT2D eigenvalue weighted by molar-refractivity contribution is -0.137. The molecule has 130 valence electrons. The van der Waals surface area contributed by atoms with E-state index in [2.05, 4.69) is 5.32 Å². The number of benzene rings is 1. The molecular weight excluding hydrogens is 313 g/mol. The maximum absolute atomic E-state index is 12.8. The highest BCUT2D eigenvalue weighted by Crippen LogP contribution is 2.34. The van der Waals surface area contributed by atoms with E-state index in [1.807, 2.05) is 0 Å². The van der Waals surface area contributed by atoms with Crippen LogP contribution in [0.1, 0.15) is 44.4 Å². The lowest BCUT2D eigenvalue weighted by Crippen LogP contribution is -2.28. The van der Waals surface area contributed by atoms with Crippen molar-refractivity contribution in [1.29, 1.82) is 0 Å². The molecule has 0 heterocycles. The number of ether oxygens (including phenoxy) is 1. The molecule has 0 unspecified atom stereocenters. The van der Waals surface area contributed by atoms with Gasteiger partial charge in [-0.2, -0.15) is 13.2 Å². The summed E-state index contributed by atoms with van der Waals surface area (Å²) in [5.74, 6) is 0. The number of rotatable bonds is 4. The molecule has 0 aliphatic rings. The minimum Gasteiger partial charge on any atom is -0.444 e. The number of alkyl halides is 3. The van der Waals surface area contributed by atoms with Crippen molar-refractivity contribution in [3.8, 4) is 0 Å². The van der Waals surface area contributed by atoms with E-state index < -0.39 is 29.5 Å². The molecule has 0 fully saturated rings. The lowest BCUT2D eigenvalue weighted by Gasteiger charge is -2.22. The quantitative estimate of drug-likeness (QED) is 0.787. The molecule has 1 rings (SSSR count). The molecule has 1 aromatic carbocycles. The monoisotopic (exact) mass is 334 g/mol. The molecule has 5 nitrogen and oxygen atoms in total. The number of anilines is 1. The van der Waals surface area contributed by atoms with Gasteiger partial charge < -0.3 is 15.6 Å². The van der Waals surface area contributed by atoms with E-state index in [0.29, 0.717) is 0 Å². The molecule has 1 aromatic rings. The Morgan fingerprint density at radius 2 is 1.96 bits per heavy atom. The van der Waals surface area contributed by atoms with Gasteiger partial charge in [0, 0.05) is 5.56 Å². The van der Waals surface area contributed by atoms with Crippen molar-refractivity contribution in [3.63, 3.8) is 0 Å².